The molecule has 1 aliphatic carbocycles. The van der Waals surface area contributed by atoms with E-state index in [2.05, 4.69) is 6.07 Å². The summed E-state index contributed by atoms with van der Waals surface area (Å²) in [5.41, 5.74) is 4.46. The summed E-state index contributed by atoms with van der Waals surface area (Å²) in [4.78, 5) is 12.2. The van der Waals surface area contributed by atoms with Crippen LogP contribution in [0.1, 0.15) is 36.0 Å². The van der Waals surface area contributed by atoms with Crippen molar-refractivity contribution in [2.45, 2.75) is 39.0 Å². The molecule has 0 saturated heterocycles. The van der Waals surface area contributed by atoms with Crippen molar-refractivity contribution < 1.29 is 8.83 Å². The molecule has 0 bridgehead atoms. The van der Waals surface area contributed by atoms with Crippen LogP contribution in [0.5, 0.6) is 0 Å². The first-order chi connectivity index (χ1) is 9.74. The molecule has 0 unspecified atom stereocenters. The molecule has 2 heterocycles. The van der Waals surface area contributed by atoms with E-state index in [4.69, 9.17) is 8.83 Å². The number of fused-ring (bicyclic) bond motifs is 4. The summed E-state index contributed by atoms with van der Waals surface area (Å²) in [7, 11) is 0. The van der Waals surface area contributed by atoms with Crippen molar-refractivity contribution in [3.8, 4) is 0 Å². The van der Waals surface area contributed by atoms with Gasteiger partial charge in [-0.05, 0) is 49.8 Å². The average Bonchev–Trinajstić information content (AvgIpc) is 2.66. The molecule has 0 saturated carbocycles. The van der Waals surface area contributed by atoms with Crippen molar-refractivity contribution in [3.05, 3.63) is 45.5 Å². The molecule has 0 amide bonds. The molecule has 1 aliphatic rings. The van der Waals surface area contributed by atoms with Crippen molar-refractivity contribution in [3.63, 3.8) is 0 Å². The molecule has 20 heavy (non-hydrogen) atoms. The maximum absolute atomic E-state index is 12.2. The first kappa shape index (κ1) is 11.8. The van der Waals surface area contributed by atoms with Crippen LogP contribution < -0.4 is 5.63 Å². The summed E-state index contributed by atoms with van der Waals surface area (Å²) < 4.78 is 11.0. The van der Waals surface area contributed by atoms with E-state index in [1.165, 1.54) is 12.0 Å². The van der Waals surface area contributed by atoms with Gasteiger partial charge in [0.25, 0.3) is 0 Å². The third-order valence-corrected chi connectivity index (χ3v) is 4.36. The largest absolute Gasteiger partial charge is 0.464 e. The van der Waals surface area contributed by atoms with Gasteiger partial charge in [-0.25, -0.2) is 4.79 Å². The van der Waals surface area contributed by atoms with Crippen LogP contribution >= 0.6 is 0 Å². The van der Waals surface area contributed by atoms with Gasteiger partial charge >= 0.3 is 5.63 Å². The third-order valence-electron chi connectivity index (χ3n) is 4.36. The quantitative estimate of drug-likeness (QED) is 0.455. The first-order valence-corrected chi connectivity index (χ1v) is 7.20. The summed E-state index contributed by atoms with van der Waals surface area (Å²) in [6.45, 7) is 2.04. The van der Waals surface area contributed by atoms with E-state index in [1.54, 1.807) is 6.26 Å². The highest BCUT2D eigenvalue weighted by atomic mass is 16.4. The number of hydrogen-bond acceptors (Lipinski definition) is 3. The van der Waals surface area contributed by atoms with E-state index < -0.39 is 0 Å². The minimum Gasteiger partial charge on any atom is -0.464 e. The lowest BCUT2D eigenvalue weighted by Gasteiger charge is -2.08. The summed E-state index contributed by atoms with van der Waals surface area (Å²) in [5.74, 6) is 0. The zero-order valence-electron chi connectivity index (χ0n) is 11.5. The lowest BCUT2D eigenvalue weighted by Crippen LogP contribution is -2.10. The molecule has 0 N–H and O–H groups in total. The maximum Gasteiger partial charge on any atom is 0.339 e. The second-order valence-electron chi connectivity index (χ2n) is 5.67. The predicted molar refractivity (Wildman–Crippen MR) is 78.3 cm³/mol. The van der Waals surface area contributed by atoms with Gasteiger partial charge in [-0.1, -0.05) is 6.42 Å². The Balaban J connectivity index is 2.14. The lowest BCUT2D eigenvalue weighted by molar-refractivity contribution is 0.546. The Bertz CT molecular complexity index is 867. The molecule has 1 aromatic carbocycles. The van der Waals surface area contributed by atoms with E-state index in [0.29, 0.717) is 5.58 Å². The normalized spacial score (nSPS) is 15.4. The topological polar surface area (TPSA) is 43.4 Å². The van der Waals surface area contributed by atoms with Crippen LogP contribution in [-0.4, -0.2) is 0 Å². The van der Waals surface area contributed by atoms with E-state index in [9.17, 15) is 4.79 Å². The highest BCUT2D eigenvalue weighted by Crippen LogP contribution is 2.31. The molecule has 0 fully saturated rings. The Morgan fingerprint density at radius 2 is 1.75 bits per heavy atom. The molecule has 0 spiro atoms. The fourth-order valence-electron chi connectivity index (χ4n) is 3.27. The third kappa shape index (κ3) is 1.62. The summed E-state index contributed by atoms with van der Waals surface area (Å²) in [6, 6.07) is 3.97. The predicted octanol–water partition coefficient (Wildman–Crippen LogP) is 4.12. The van der Waals surface area contributed by atoms with Crippen LogP contribution in [0.3, 0.4) is 0 Å². The molecule has 0 atom stereocenters. The highest BCUT2D eigenvalue weighted by molar-refractivity contribution is 5.96. The number of benzene rings is 1. The molecular weight excluding hydrogens is 252 g/mol. The van der Waals surface area contributed by atoms with Gasteiger partial charge in [0.1, 0.15) is 11.2 Å². The Morgan fingerprint density at radius 3 is 2.60 bits per heavy atom. The van der Waals surface area contributed by atoms with Crippen molar-refractivity contribution >= 4 is 21.9 Å². The molecule has 102 valence electrons. The SMILES string of the molecule is Cc1coc2cc3oc(=O)c4c(c3cc12)CCCCC4. The van der Waals surface area contributed by atoms with E-state index in [-0.39, 0.29) is 5.63 Å². The second-order valence-corrected chi connectivity index (χ2v) is 5.67. The Hall–Kier alpha value is -2.03. The van der Waals surface area contributed by atoms with Gasteiger partial charge in [-0.15, -0.1) is 0 Å². The van der Waals surface area contributed by atoms with Crippen molar-refractivity contribution in [1.29, 1.82) is 0 Å². The minimum absolute atomic E-state index is 0.169. The minimum atomic E-state index is -0.169. The lowest BCUT2D eigenvalue weighted by atomic mass is 9.99. The van der Waals surface area contributed by atoms with Gasteiger partial charge in [0, 0.05) is 22.4 Å². The Morgan fingerprint density at radius 1 is 0.950 bits per heavy atom. The van der Waals surface area contributed by atoms with Gasteiger partial charge in [-0.3, -0.25) is 0 Å². The van der Waals surface area contributed by atoms with Crippen LogP contribution in [0.15, 0.2) is 32.0 Å². The van der Waals surface area contributed by atoms with E-state index >= 15 is 0 Å². The number of aryl methyl sites for hydroxylation is 2. The van der Waals surface area contributed by atoms with Crippen LogP contribution in [0.2, 0.25) is 0 Å². The average molecular weight is 268 g/mol. The Labute approximate surface area is 116 Å². The summed E-state index contributed by atoms with van der Waals surface area (Å²) in [5, 5.41) is 2.19. The monoisotopic (exact) mass is 268 g/mol. The molecule has 3 heteroatoms. The van der Waals surface area contributed by atoms with Crippen molar-refractivity contribution in [1.82, 2.24) is 0 Å². The van der Waals surface area contributed by atoms with E-state index in [0.717, 1.165) is 53.2 Å². The molecule has 3 aromatic rings. The highest BCUT2D eigenvalue weighted by Gasteiger charge is 2.18. The van der Waals surface area contributed by atoms with Crippen molar-refractivity contribution in [2.75, 3.05) is 0 Å². The van der Waals surface area contributed by atoms with Gasteiger partial charge in [0.2, 0.25) is 0 Å². The van der Waals surface area contributed by atoms with E-state index in [1.807, 2.05) is 13.0 Å². The summed E-state index contributed by atoms with van der Waals surface area (Å²) >= 11 is 0. The molecule has 2 aromatic heterocycles. The van der Waals surface area contributed by atoms with Crippen LogP contribution in [-0.2, 0) is 12.8 Å². The van der Waals surface area contributed by atoms with Gasteiger partial charge < -0.3 is 8.83 Å². The smallest absolute Gasteiger partial charge is 0.339 e. The number of hydrogen-bond donors (Lipinski definition) is 0. The van der Waals surface area contributed by atoms with Crippen LogP contribution in [0, 0.1) is 6.92 Å². The molecule has 0 radical (unpaired) electrons. The van der Waals surface area contributed by atoms with Gasteiger partial charge in [0.05, 0.1) is 6.26 Å². The fourth-order valence-corrected chi connectivity index (χ4v) is 3.27. The molecule has 0 aliphatic heterocycles. The molecular formula is C17H16O3. The van der Waals surface area contributed by atoms with Gasteiger partial charge in [0.15, 0.2) is 0 Å². The first-order valence-electron chi connectivity index (χ1n) is 7.20. The van der Waals surface area contributed by atoms with Crippen LogP contribution in [0.25, 0.3) is 21.9 Å². The number of furan rings is 1. The molecule has 4 rings (SSSR count). The standard InChI is InChI=1S/C17H16O3/c1-10-9-19-15-8-16-14(7-13(10)15)11-5-3-2-4-6-12(11)17(18)20-16/h7-9H,2-6H2,1H3. The molecule has 3 nitrogen and oxygen atoms in total. The van der Waals surface area contributed by atoms with Crippen molar-refractivity contribution in [2.24, 2.45) is 0 Å². The fraction of sp³-hybridized carbons (Fsp3) is 0.353. The maximum atomic E-state index is 12.2. The Kier molecular flexibility index (Phi) is 2.49. The van der Waals surface area contributed by atoms with Crippen LogP contribution in [0.4, 0.5) is 0 Å². The summed E-state index contributed by atoms with van der Waals surface area (Å²) in [6.07, 6.45) is 6.98. The number of rotatable bonds is 0. The van der Waals surface area contributed by atoms with Gasteiger partial charge in [-0.2, -0.15) is 0 Å². The zero-order valence-corrected chi connectivity index (χ0v) is 11.5. The second kappa shape index (κ2) is 4.23. The zero-order chi connectivity index (χ0) is 13.7.